The quantitative estimate of drug-likeness (QED) is 0.620. The van der Waals surface area contributed by atoms with Gasteiger partial charge in [0.1, 0.15) is 11.4 Å². The van der Waals surface area contributed by atoms with Gasteiger partial charge in [0, 0.05) is 10.9 Å². The molecule has 5 nitrogen and oxygen atoms in total. The fourth-order valence-electron chi connectivity index (χ4n) is 1.22. The van der Waals surface area contributed by atoms with E-state index in [9.17, 15) is 0 Å². The number of hydrogen-bond donors (Lipinski definition) is 1. The summed E-state index contributed by atoms with van der Waals surface area (Å²) in [6.45, 7) is 4.02. The summed E-state index contributed by atoms with van der Waals surface area (Å²) in [5, 5.41) is 14.2. The Bertz CT molecular complexity index is 470. The first-order chi connectivity index (χ1) is 7.20. The fraction of sp³-hybridized carbons (Fsp3) is 0.444. The Morgan fingerprint density at radius 3 is 3.13 bits per heavy atom. The van der Waals surface area contributed by atoms with Crippen LogP contribution in [0.2, 0.25) is 0 Å². The molecule has 2 heterocycles. The molecule has 0 bridgehead atoms. The molecule has 2 aromatic rings. The number of hydrogen-bond acceptors (Lipinski definition) is 5. The number of rotatable bonds is 3. The molecule has 0 aliphatic heterocycles. The first kappa shape index (κ1) is 10.4. The zero-order valence-corrected chi connectivity index (χ0v) is 9.40. The molecule has 80 valence electrons. The third-order valence-electron chi connectivity index (χ3n) is 1.93. The van der Waals surface area contributed by atoms with Gasteiger partial charge >= 0.3 is 0 Å². The summed E-state index contributed by atoms with van der Waals surface area (Å²) in [4.78, 5) is 8.28. The Kier molecular flexibility index (Phi) is 2.88. The van der Waals surface area contributed by atoms with Gasteiger partial charge in [0.25, 0.3) is 5.78 Å². The highest BCUT2D eigenvalue weighted by Crippen LogP contribution is 2.23. The van der Waals surface area contributed by atoms with Crippen LogP contribution < -0.4 is 0 Å². The SMILES string of the molecule is Cc1cc(SC(C)CO)n2ncnc2n1. The van der Waals surface area contributed by atoms with Crippen molar-refractivity contribution in [1.82, 2.24) is 19.6 Å². The lowest BCUT2D eigenvalue weighted by molar-refractivity contribution is 0.300. The van der Waals surface area contributed by atoms with Gasteiger partial charge in [-0.2, -0.15) is 14.6 Å². The van der Waals surface area contributed by atoms with E-state index in [1.807, 2.05) is 19.9 Å². The number of aromatic nitrogens is 4. The van der Waals surface area contributed by atoms with Crippen LogP contribution in [0.15, 0.2) is 17.4 Å². The standard InChI is InChI=1S/C9H12N4OS/c1-6-3-8(15-7(2)4-14)13-9(12-6)10-5-11-13/h3,5,7,14H,4H2,1-2H3. The molecule has 1 N–H and O–H groups in total. The molecule has 2 rings (SSSR count). The predicted molar refractivity (Wildman–Crippen MR) is 57.9 cm³/mol. The van der Waals surface area contributed by atoms with Gasteiger partial charge in [-0.1, -0.05) is 6.92 Å². The highest BCUT2D eigenvalue weighted by Gasteiger charge is 2.09. The predicted octanol–water partition coefficient (Wildman–Crippen LogP) is 0.906. The van der Waals surface area contributed by atoms with E-state index in [0.29, 0.717) is 5.78 Å². The van der Waals surface area contributed by atoms with Crippen LogP contribution in [0.3, 0.4) is 0 Å². The molecular formula is C9H12N4OS. The summed E-state index contributed by atoms with van der Waals surface area (Å²) in [5.41, 5.74) is 0.906. The van der Waals surface area contributed by atoms with Crippen LogP contribution in [-0.2, 0) is 0 Å². The Hall–Kier alpha value is -1.14. The number of aliphatic hydroxyl groups excluding tert-OH is 1. The maximum atomic E-state index is 9.01. The summed E-state index contributed by atoms with van der Waals surface area (Å²) in [7, 11) is 0. The van der Waals surface area contributed by atoms with Crippen LogP contribution in [0.5, 0.6) is 0 Å². The maximum Gasteiger partial charge on any atom is 0.253 e. The minimum Gasteiger partial charge on any atom is -0.395 e. The van der Waals surface area contributed by atoms with Gasteiger partial charge in [0.2, 0.25) is 0 Å². The second-order valence-corrected chi connectivity index (χ2v) is 4.78. The second kappa shape index (κ2) is 4.16. The normalized spacial score (nSPS) is 13.3. The van der Waals surface area contributed by atoms with Crippen molar-refractivity contribution in [3.8, 4) is 0 Å². The lowest BCUT2D eigenvalue weighted by Gasteiger charge is -2.08. The molecule has 0 aromatic carbocycles. The minimum absolute atomic E-state index is 0.138. The van der Waals surface area contributed by atoms with Crippen molar-refractivity contribution < 1.29 is 5.11 Å². The van der Waals surface area contributed by atoms with Crippen LogP contribution in [-0.4, -0.2) is 36.5 Å². The zero-order valence-electron chi connectivity index (χ0n) is 8.58. The molecule has 0 saturated carbocycles. The van der Waals surface area contributed by atoms with Gasteiger partial charge in [0.15, 0.2) is 0 Å². The number of nitrogens with zero attached hydrogens (tertiary/aromatic N) is 4. The van der Waals surface area contributed by atoms with Crippen LogP contribution in [0.1, 0.15) is 12.6 Å². The molecule has 6 heteroatoms. The Balaban J connectivity index is 2.44. The molecule has 0 aliphatic rings. The van der Waals surface area contributed by atoms with E-state index in [0.717, 1.165) is 10.7 Å². The van der Waals surface area contributed by atoms with E-state index in [4.69, 9.17) is 5.11 Å². The van der Waals surface area contributed by atoms with Crippen molar-refractivity contribution in [2.75, 3.05) is 6.61 Å². The Morgan fingerprint density at radius 1 is 1.60 bits per heavy atom. The molecule has 0 aliphatic carbocycles. The van der Waals surface area contributed by atoms with Crippen LogP contribution in [0.4, 0.5) is 0 Å². The van der Waals surface area contributed by atoms with E-state index in [1.54, 1.807) is 16.3 Å². The molecule has 1 unspecified atom stereocenters. The zero-order chi connectivity index (χ0) is 10.8. The van der Waals surface area contributed by atoms with E-state index < -0.39 is 0 Å². The Labute approximate surface area is 91.6 Å². The molecule has 2 aromatic heterocycles. The fourth-order valence-corrected chi connectivity index (χ4v) is 2.18. The first-order valence-electron chi connectivity index (χ1n) is 4.65. The summed E-state index contributed by atoms with van der Waals surface area (Å²) in [6.07, 6.45) is 1.48. The summed E-state index contributed by atoms with van der Waals surface area (Å²) < 4.78 is 1.68. The summed E-state index contributed by atoms with van der Waals surface area (Å²) >= 11 is 1.56. The van der Waals surface area contributed by atoms with Crippen LogP contribution in [0, 0.1) is 6.92 Å². The van der Waals surface area contributed by atoms with Crippen molar-refractivity contribution in [1.29, 1.82) is 0 Å². The van der Waals surface area contributed by atoms with Gasteiger partial charge < -0.3 is 5.11 Å². The van der Waals surface area contributed by atoms with Gasteiger partial charge in [-0.25, -0.2) is 4.98 Å². The van der Waals surface area contributed by atoms with Crippen molar-refractivity contribution in [3.63, 3.8) is 0 Å². The topological polar surface area (TPSA) is 63.3 Å². The van der Waals surface area contributed by atoms with Gasteiger partial charge in [-0.05, 0) is 13.0 Å². The molecule has 15 heavy (non-hydrogen) atoms. The molecule has 0 spiro atoms. The summed E-state index contributed by atoms with van der Waals surface area (Å²) in [5.74, 6) is 0.600. The molecule has 0 saturated heterocycles. The highest BCUT2D eigenvalue weighted by molar-refractivity contribution is 7.99. The summed E-state index contributed by atoms with van der Waals surface area (Å²) in [6, 6.07) is 1.94. The number of thioether (sulfide) groups is 1. The second-order valence-electron chi connectivity index (χ2n) is 3.32. The van der Waals surface area contributed by atoms with Gasteiger partial charge in [-0.15, -0.1) is 11.8 Å². The number of fused-ring (bicyclic) bond motifs is 1. The van der Waals surface area contributed by atoms with E-state index in [-0.39, 0.29) is 11.9 Å². The minimum atomic E-state index is 0.138. The van der Waals surface area contributed by atoms with Crippen molar-refractivity contribution >= 4 is 17.5 Å². The molecule has 1 atom stereocenters. The average Bonchev–Trinajstić information content (AvgIpc) is 2.65. The van der Waals surface area contributed by atoms with Gasteiger partial charge in [0.05, 0.1) is 6.61 Å². The third kappa shape index (κ3) is 2.10. The van der Waals surface area contributed by atoms with E-state index in [1.165, 1.54) is 6.33 Å². The number of aryl methyl sites for hydroxylation is 1. The lowest BCUT2D eigenvalue weighted by Crippen LogP contribution is -2.05. The van der Waals surface area contributed by atoms with Crippen molar-refractivity contribution in [3.05, 3.63) is 18.1 Å². The average molecular weight is 224 g/mol. The van der Waals surface area contributed by atoms with Crippen LogP contribution in [0.25, 0.3) is 5.78 Å². The molecule has 0 amide bonds. The molecular weight excluding hydrogens is 212 g/mol. The third-order valence-corrected chi connectivity index (χ3v) is 3.01. The smallest absolute Gasteiger partial charge is 0.253 e. The molecule has 0 radical (unpaired) electrons. The van der Waals surface area contributed by atoms with Crippen LogP contribution >= 0.6 is 11.8 Å². The highest BCUT2D eigenvalue weighted by atomic mass is 32.2. The van der Waals surface area contributed by atoms with E-state index in [2.05, 4.69) is 15.1 Å². The first-order valence-corrected chi connectivity index (χ1v) is 5.53. The molecule has 0 fully saturated rings. The Morgan fingerprint density at radius 2 is 2.40 bits per heavy atom. The maximum absolute atomic E-state index is 9.01. The van der Waals surface area contributed by atoms with Crippen molar-refractivity contribution in [2.24, 2.45) is 0 Å². The van der Waals surface area contributed by atoms with Gasteiger partial charge in [-0.3, -0.25) is 0 Å². The van der Waals surface area contributed by atoms with Crippen molar-refractivity contribution in [2.45, 2.75) is 24.1 Å². The number of aliphatic hydroxyl groups is 1. The lowest BCUT2D eigenvalue weighted by atomic mass is 10.5. The largest absolute Gasteiger partial charge is 0.395 e. The van der Waals surface area contributed by atoms with E-state index >= 15 is 0 Å². The monoisotopic (exact) mass is 224 g/mol.